The lowest BCUT2D eigenvalue weighted by Crippen LogP contribution is -2.31. The largest absolute Gasteiger partial charge is 0.346 e. The van der Waals surface area contributed by atoms with Crippen molar-refractivity contribution in [1.29, 1.82) is 0 Å². The second kappa shape index (κ2) is 8.08. The van der Waals surface area contributed by atoms with Gasteiger partial charge in [0.1, 0.15) is 11.5 Å². The van der Waals surface area contributed by atoms with Crippen LogP contribution in [-0.2, 0) is 6.54 Å². The summed E-state index contributed by atoms with van der Waals surface area (Å²) in [7, 11) is 0. The van der Waals surface area contributed by atoms with E-state index in [1.807, 2.05) is 0 Å². The zero-order chi connectivity index (χ0) is 21.1. The van der Waals surface area contributed by atoms with Crippen molar-refractivity contribution < 1.29 is 9.18 Å². The van der Waals surface area contributed by atoms with E-state index in [0.29, 0.717) is 11.5 Å². The van der Waals surface area contributed by atoms with Crippen LogP contribution in [0.3, 0.4) is 0 Å². The third-order valence-corrected chi connectivity index (χ3v) is 4.41. The van der Waals surface area contributed by atoms with Gasteiger partial charge in [0, 0.05) is 36.9 Å². The first-order chi connectivity index (χ1) is 14.5. The summed E-state index contributed by atoms with van der Waals surface area (Å²) in [5.74, 6) is -0.560. The van der Waals surface area contributed by atoms with Crippen molar-refractivity contribution in [2.75, 3.05) is 0 Å². The van der Waals surface area contributed by atoms with Crippen LogP contribution in [0.4, 0.5) is 4.39 Å². The molecule has 4 rings (SSSR count). The van der Waals surface area contributed by atoms with E-state index < -0.39 is 17.2 Å². The van der Waals surface area contributed by atoms with Crippen molar-refractivity contribution in [3.8, 4) is 11.5 Å². The Morgan fingerprint density at radius 1 is 1.13 bits per heavy atom. The number of halogens is 1. The number of aromatic nitrogens is 5. The highest BCUT2D eigenvalue weighted by Gasteiger charge is 2.16. The molecule has 0 aliphatic rings. The standard InChI is InChI=1S/C21H17FN6O2/c1-14-11-18(29)20(26-28(14)17-6-3-2-5-16(17)22)21(30)24-13-15-7-9-23-19(12-15)27-10-4-8-25-27/h2-12H,13H2,1H3,(H,24,30). The Morgan fingerprint density at radius 3 is 2.73 bits per heavy atom. The normalized spacial score (nSPS) is 10.7. The van der Waals surface area contributed by atoms with Crippen molar-refractivity contribution in [2.24, 2.45) is 0 Å². The van der Waals surface area contributed by atoms with Gasteiger partial charge in [0.25, 0.3) is 5.91 Å². The minimum absolute atomic E-state index is 0.155. The molecule has 3 heterocycles. The number of pyridine rings is 1. The van der Waals surface area contributed by atoms with E-state index in [9.17, 15) is 14.0 Å². The molecule has 3 aromatic heterocycles. The Morgan fingerprint density at radius 2 is 1.97 bits per heavy atom. The van der Waals surface area contributed by atoms with Crippen LogP contribution in [-0.4, -0.2) is 30.5 Å². The first-order valence-corrected chi connectivity index (χ1v) is 9.12. The number of carbonyl (C=O) groups is 1. The molecule has 150 valence electrons. The molecule has 0 fully saturated rings. The van der Waals surface area contributed by atoms with E-state index in [0.717, 1.165) is 5.56 Å². The van der Waals surface area contributed by atoms with Gasteiger partial charge in [0.05, 0.1) is 0 Å². The number of amides is 1. The maximum Gasteiger partial charge on any atom is 0.276 e. The molecule has 1 N–H and O–H groups in total. The smallest absolute Gasteiger partial charge is 0.276 e. The molecule has 1 amide bonds. The van der Waals surface area contributed by atoms with Crippen molar-refractivity contribution in [2.45, 2.75) is 13.5 Å². The van der Waals surface area contributed by atoms with Gasteiger partial charge in [0.15, 0.2) is 11.5 Å². The van der Waals surface area contributed by atoms with Crippen LogP contribution in [0.15, 0.2) is 71.9 Å². The van der Waals surface area contributed by atoms with E-state index >= 15 is 0 Å². The topological polar surface area (TPSA) is 94.7 Å². The quantitative estimate of drug-likeness (QED) is 0.550. The summed E-state index contributed by atoms with van der Waals surface area (Å²) >= 11 is 0. The molecule has 9 heteroatoms. The van der Waals surface area contributed by atoms with E-state index in [4.69, 9.17) is 0 Å². The van der Waals surface area contributed by atoms with E-state index in [1.54, 1.807) is 60.5 Å². The van der Waals surface area contributed by atoms with Gasteiger partial charge in [-0.25, -0.2) is 18.7 Å². The van der Waals surface area contributed by atoms with E-state index in [2.05, 4.69) is 20.5 Å². The first kappa shape index (κ1) is 19.2. The second-order valence-corrected chi connectivity index (χ2v) is 6.52. The maximum absolute atomic E-state index is 14.2. The van der Waals surface area contributed by atoms with Gasteiger partial charge >= 0.3 is 0 Å². The number of aryl methyl sites for hydroxylation is 1. The SMILES string of the molecule is Cc1cc(=O)c(C(=O)NCc2ccnc(-n3cccn3)c2)nn1-c1ccccc1F. The average Bonchev–Trinajstić information content (AvgIpc) is 3.28. The molecule has 0 spiro atoms. The zero-order valence-electron chi connectivity index (χ0n) is 16.0. The molecule has 0 atom stereocenters. The summed E-state index contributed by atoms with van der Waals surface area (Å²) in [6.45, 7) is 1.78. The fourth-order valence-corrected chi connectivity index (χ4v) is 2.94. The summed E-state index contributed by atoms with van der Waals surface area (Å²) in [5.41, 5.74) is 0.488. The average molecular weight is 404 g/mol. The molecule has 0 bridgehead atoms. The monoisotopic (exact) mass is 404 g/mol. The minimum atomic E-state index is -0.650. The van der Waals surface area contributed by atoms with E-state index in [1.165, 1.54) is 22.9 Å². The van der Waals surface area contributed by atoms with Gasteiger partial charge in [-0.05, 0) is 42.8 Å². The number of hydrogen-bond acceptors (Lipinski definition) is 5. The zero-order valence-corrected chi connectivity index (χ0v) is 16.0. The molecule has 1 aromatic carbocycles. The Kier molecular flexibility index (Phi) is 5.17. The predicted molar refractivity (Wildman–Crippen MR) is 107 cm³/mol. The van der Waals surface area contributed by atoms with E-state index in [-0.39, 0.29) is 17.9 Å². The van der Waals surface area contributed by atoms with Crippen LogP contribution in [0.25, 0.3) is 11.5 Å². The lowest BCUT2D eigenvalue weighted by atomic mass is 10.2. The van der Waals surface area contributed by atoms with Gasteiger partial charge in [0.2, 0.25) is 5.43 Å². The molecule has 8 nitrogen and oxygen atoms in total. The molecule has 0 aliphatic heterocycles. The maximum atomic E-state index is 14.2. The Balaban J connectivity index is 1.57. The van der Waals surface area contributed by atoms with Gasteiger partial charge in [-0.1, -0.05) is 12.1 Å². The summed E-state index contributed by atoms with van der Waals surface area (Å²) < 4.78 is 17.0. The summed E-state index contributed by atoms with van der Waals surface area (Å²) in [4.78, 5) is 29.2. The summed E-state index contributed by atoms with van der Waals surface area (Å²) in [6, 6.07) is 12.6. The second-order valence-electron chi connectivity index (χ2n) is 6.52. The van der Waals surface area contributed by atoms with Crippen LogP contribution < -0.4 is 10.7 Å². The van der Waals surface area contributed by atoms with Crippen molar-refractivity contribution >= 4 is 5.91 Å². The molecule has 4 aromatic rings. The number of hydrogen-bond donors (Lipinski definition) is 1. The fraction of sp³-hybridized carbons (Fsp3) is 0.0952. The van der Waals surface area contributed by atoms with Crippen LogP contribution in [0.1, 0.15) is 21.7 Å². The third kappa shape index (κ3) is 3.86. The van der Waals surface area contributed by atoms with Gasteiger partial charge in [-0.15, -0.1) is 0 Å². The third-order valence-electron chi connectivity index (χ3n) is 4.41. The summed E-state index contributed by atoms with van der Waals surface area (Å²) in [6.07, 6.45) is 5.00. The molecular formula is C21H17FN6O2. The van der Waals surface area contributed by atoms with Crippen molar-refractivity contribution in [3.05, 3.63) is 100 Å². The number of rotatable bonds is 5. The molecule has 0 saturated heterocycles. The minimum Gasteiger partial charge on any atom is -0.346 e. The molecule has 0 aliphatic carbocycles. The molecule has 0 radical (unpaired) electrons. The molecule has 0 saturated carbocycles. The Hall–Kier alpha value is -4.14. The van der Waals surface area contributed by atoms with Gasteiger partial charge in [-0.3, -0.25) is 9.59 Å². The number of nitrogens with zero attached hydrogens (tertiary/aromatic N) is 5. The number of nitrogens with one attached hydrogen (secondary N) is 1. The highest BCUT2D eigenvalue weighted by Crippen LogP contribution is 2.13. The van der Waals surface area contributed by atoms with Crippen LogP contribution in [0.2, 0.25) is 0 Å². The lowest BCUT2D eigenvalue weighted by molar-refractivity contribution is 0.0943. The van der Waals surface area contributed by atoms with Crippen LogP contribution in [0, 0.1) is 12.7 Å². The van der Waals surface area contributed by atoms with Crippen LogP contribution >= 0.6 is 0 Å². The first-order valence-electron chi connectivity index (χ1n) is 9.12. The highest BCUT2D eigenvalue weighted by atomic mass is 19.1. The Bertz CT molecular complexity index is 1270. The van der Waals surface area contributed by atoms with Crippen molar-refractivity contribution in [1.82, 2.24) is 29.9 Å². The Labute approximate surface area is 170 Å². The number of benzene rings is 1. The van der Waals surface area contributed by atoms with Crippen LogP contribution in [0.5, 0.6) is 0 Å². The number of carbonyl (C=O) groups excluding carboxylic acids is 1. The summed E-state index contributed by atoms with van der Waals surface area (Å²) in [5, 5.41) is 10.9. The van der Waals surface area contributed by atoms with Gasteiger partial charge < -0.3 is 5.32 Å². The fourth-order valence-electron chi connectivity index (χ4n) is 2.94. The highest BCUT2D eigenvalue weighted by molar-refractivity contribution is 5.92. The molecule has 0 unspecified atom stereocenters. The predicted octanol–water partition coefficient (Wildman–Crippen LogP) is 2.19. The van der Waals surface area contributed by atoms with Gasteiger partial charge in [-0.2, -0.15) is 10.2 Å². The molecular weight excluding hydrogens is 387 g/mol. The van der Waals surface area contributed by atoms with Crippen molar-refractivity contribution in [3.63, 3.8) is 0 Å². The molecule has 30 heavy (non-hydrogen) atoms. The lowest BCUT2D eigenvalue weighted by Gasteiger charge is -2.12. The number of para-hydroxylation sites is 1.